The quantitative estimate of drug-likeness (QED) is 0.721. The Morgan fingerprint density at radius 1 is 1.41 bits per heavy atom. The first-order valence-corrected chi connectivity index (χ1v) is 5.25. The summed E-state index contributed by atoms with van der Waals surface area (Å²) in [7, 11) is 0. The fraction of sp³-hybridized carbons (Fsp3) is 0.600. The third kappa shape index (κ3) is 3.48. The number of nitrogens with one attached hydrogen (secondary N) is 1. The lowest BCUT2D eigenvalue weighted by Crippen LogP contribution is -2.31. The molecule has 0 aliphatic rings. The van der Waals surface area contributed by atoms with Gasteiger partial charge in [-0.1, -0.05) is 6.92 Å². The lowest BCUT2D eigenvalue weighted by molar-refractivity contribution is -0.0373. The Morgan fingerprint density at radius 3 is 2.59 bits per heavy atom. The van der Waals surface area contributed by atoms with E-state index in [1.165, 1.54) is 0 Å². The minimum absolute atomic E-state index is 0.270. The lowest BCUT2D eigenvalue weighted by Gasteiger charge is -2.16. The van der Waals surface area contributed by atoms with Crippen molar-refractivity contribution in [1.29, 1.82) is 0 Å². The molecule has 1 rings (SSSR count). The van der Waals surface area contributed by atoms with Crippen LogP contribution in [0.15, 0.2) is 0 Å². The molecule has 96 valence electrons. The molecule has 0 aromatic carbocycles. The molecule has 0 aliphatic heterocycles. The van der Waals surface area contributed by atoms with Crippen molar-refractivity contribution in [3.05, 3.63) is 11.4 Å². The molecule has 1 heterocycles. The second kappa shape index (κ2) is 5.22. The Morgan fingerprint density at radius 2 is 2.06 bits per heavy atom. The largest absolute Gasteiger partial charge is 0.390 e. The van der Waals surface area contributed by atoms with Crippen LogP contribution >= 0.6 is 0 Å². The van der Waals surface area contributed by atoms with Gasteiger partial charge < -0.3 is 16.2 Å². The van der Waals surface area contributed by atoms with E-state index in [-0.39, 0.29) is 11.6 Å². The topological polar surface area (TPSA) is 84.1 Å². The summed E-state index contributed by atoms with van der Waals surface area (Å²) in [5.74, 6) is -2.14. The minimum Gasteiger partial charge on any atom is -0.390 e. The molecule has 0 saturated heterocycles. The van der Waals surface area contributed by atoms with E-state index in [0.29, 0.717) is 17.8 Å². The Balaban J connectivity index is 2.87. The maximum atomic E-state index is 12.9. The fourth-order valence-corrected chi connectivity index (χ4v) is 1.18. The average Bonchev–Trinajstić information content (AvgIpc) is 2.31. The van der Waals surface area contributed by atoms with E-state index in [1.807, 2.05) is 6.92 Å². The highest BCUT2D eigenvalue weighted by Crippen LogP contribution is 2.19. The third-order valence-electron chi connectivity index (χ3n) is 2.29. The molecule has 0 spiro atoms. The monoisotopic (exact) mass is 246 g/mol. The summed E-state index contributed by atoms with van der Waals surface area (Å²) in [6.45, 7) is 1.59. The number of aromatic nitrogens is 2. The van der Waals surface area contributed by atoms with Crippen LogP contribution in [0.3, 0.4) is 0 Å². The number of halogens is 2. The van der Waals surface area contributed by atoms with E-state index < -0.39 is 19.1 Å². The highest BCUT2D eigenvalue weighted by Gasteiger charge is 2.27. The molecule has 17 heavy (non-hydrogen) atoms. The van der Waals surface area contributed by atoms with Crippen LogP contribution in [-0.2, 0) is 6.42 Å². The van der Waals surface area contributed by atoms with Gasteiger partial charge in [-0.15, -0.1) is 0 Å². The molecule has 0 radical (unpaired) electrons. The van der Waals surface area contributed by atoms with Crippen molar-refractivity contribution in [2.45, 2.75) is 26.2 Å². The molecular formula is C10H16F2N4O. The third-order valence-corrected chi connectivity index (χ3v) is 2.29. The number of nitrogens with two attached hydrogens (primary N) is 1. The molecule has 0 unspecified atom stereocenters. The molecule has 0 aliphatic carbocycles. The van der Waals surface area contributed by atoms with Crippen LogP contribution in [0.25, 0.3) is 0 Å². The average molecular weight is 246 g/mol. The van der Waals surface area contributed by atoms with Crippen LogP contribution in [0.1, 0.15) is 18.3 Å². The Labute approximate surface area is 98.1 Å². The van der Waals surface area contributed by atoms with E-state index in [2.05, 4.69) is 15.3 Å². The molecule has 1 aromatic heterocycles. The van der Waals surface area contributed by atoms with Crippen LogP contribution in [0.4, 0.5) is 20.4 Å². The van der Waals surface area contributed by atoms with Gasteiger partial charge in [0.25, 0.3) is 5.92 Å². The standard InChI is InChI=1S/C10H16F2N4O/c1-3-7-15-8(13)6(2)9(16-7)14-4-10(11,12)5-17/h17H,3-5H2,1-2H3,(H3,13,14,15,16). The molecule has 1 aromatic rings. The van der Waals surface area contributed by atoms with Gasteiger partial charge in [0.15, 0.2) is 0 Å². The summed E-state index contributed by atoms with van der Waals surface area (Å²) in [5.41, 5.74) is 6.16. The molecular weight excluding hydrogens is 230 g/mol. The van der Waals surface area contributed by atoms with Crippen LogP contribution < -0.4 is 11.1 Å². The van der Waals surface area contributed by atoms with Crippen molar-refractivity contribution in [1.82, 2.24) is 9.97 Å². The summed E-state index contributed by atoms with van der Waals surface area (Å²) < 4.78 is 25.7. The lowest BCUT2D eigenvalue weighted by atomic mass is 10.2. The second-order valence-corrected chi connectivity index (χ2v) is 3.72. The number of rotatable bonds is 5. The van der Waals surface area contributed by atoms with Gasteiger partial charge >= 0.3 is 0 Å². The van der Waals surface area contributed by atoms with E-state index >= 15 is 0 Å². The molecule has 4 N–H and O–H groups in total. The highest BCUT2D eigenvalue weighted by molar-refractivity contribution is 5.54. The summed E-state index contributed by atoms with van der Waals surface area (Å²) >= 11 is 0. The van der Waals surface area contributed by atoms with Crippen molar-refractivity contribution in [3.8, 4) is 0 Å². The predicted molar refractivity (Wildman–Crippen MR) is 61.1 cm³/mol. The number of hydrogen-bond acceptors (Lipinski definition) is 5. The van der Waals surface area contributed by atoms with Crippen molar-refractivity contribution >= 4 is 11.6 Å². The molecule has 0 saturated carbocycles. The highest BCUT2D eigenvalue weighted by atomic mass is 19.3. The van der Waals surface area contributed by atoms with Crippen LogP contribution in [-0.4, -0.2) is 34.1 Å². The van der Waals surface area contributed by atoms with Crippen molar-refractivity contribution in [2.75, 3.05) is 24.2 Å². The number of aliphatic hydroxyl groups excluding tert-OH is 1. The summed E-state index contributed by atoms with van der Waals surface area (Å²) in [6.07, 6.45) is 0.565. The maximum Gasteiger partial charge on any atom is 0.287 e. The number of nitrogen functional groups attached to an aromatic ring is 1. The molecule has 7 heteroatoms. The van der Waals surface area contributed by atoms with Crippen LogP contribution in [0.5, 0.6) is 0 Å². The number of hydrogen-bond donors (Lipinski definition) is 3. The summed E-state index contributed by atoms with van der Waals surface area (Å²) in [6, 6.07) is 0. The molecule has 0 atom stereocenters. The smallest absolute Gasteiger partial charge is 0.287 e. The van der Waals surface area contributed by atoms with Gasteiger partial charge in [-0.25, -0.2) is 18.7 Å². The van der Waals surface area contributed by atoms with Gasteiger partial charge in [0.1, 0.15) is 24.1 Å². The first kappa shape index (κ1) is 13.6. The SMILES string of the molecule is CCc1nc(N)c(C)c(NCC(F)(F)CO)n1. The van der Waals surface area contributed by atoms with Gasteiger partial charge in [0, 0.05) is 12.0 Å². The maximum absolute atomic E-state index is 12.9. The number of nitrogens with zero attached hydrogens (tertiary/aromatic N) is 2. The Hall–Kier alpha value is -1.50. The predicted octanol–water partition coefficient (Wildman–Crippen LogP) is 0.969. The number of anilines is 2. The van der Waals surface area contributed by atoms with Gasteiger partial charge in [-0.05, 0) is 6.92 Å². The molecule has 5 nitrogen and oxygen atoms in total. The van der Waals surface area contributed by atoms with Gasteiger partial charge in [0.2, 0.25) is 0 Å². The molecule has 0 amide bonds. The van der Waals surface area contributed by atoms with E-state index in [1.54, 1.807) is 6.92 Å². The Kier molecular flexibility index (Phi) is 4.17. The Bertz CT molecular complexity index is 398. The molecule has 0 fully saturated rings. The van der Waals surface area contributed by atoms with Crippen LogP contribution in [0.2, 0.25) is 0 Å². The zero-order valence-corrected chi connectivity index (χ0v) is 9.80. The van der Waals surface area contributed by atoms with Gasteiger partial charge in [-0.3, -0.25) is 0 Å². The first-order chi connectivity index (χ1) is 7.89. The summed E-state index contributed by atoms with van der Waals surface area (Å²) in [4.78, 5) is 8.08. The normalized spacial score (nSPS) is 11.6. The number of aliphatic hydroxyl groups is 1. The zero-order chi connectivity index (χ0) is 13.1. The van der Waals surface area contributed by atoms with E-state index in [4.69, 9.17) is 10.8 Å². The van der Waals surface area contributed by atoms with Gasteiger partial charge in [0.05, 0.1) is 6.54 Å². The van der Waals surface area contributed by atoms with E-state index in [0.717, 1.165) is 0 Å². The van der Waals surface area contributed by atoms with Crippen molar-refractivity contribution in [3.63, 3.8) is 0 Å². The zero-order valence-electron chi connectivity index (χ0n) is 9.80. The number of aryl methyl sites for hydroxylation is 1. The minimum atomic E-state index is -3.18. The van der Waals surface area contributed by atoms with Crippen molar-refractivity contribution < 1.29 is 13.9 Å². The molecule has 0 bridgehead atoms. The van der Waals surface area contributed by atoms with E-state index in [9.17, 15) is 8.78 Å². The first-order valence-electron chi connectivity index (χ1n) is 5.25. The fourth-order valence-electron chi connectivity index (χ4n) is 1.18. The summed E-state index contributed by atoms with van der Waals surface area (Å²) in [5, 5.41) is 10.9. The van der Waals surface area contributed by atoms with Gasteiger partial charge in [-0.2, -0.15) is 0 Å². The van der Waals surface area contributed by atoms with Crippen molar-refractivity contribution in [2.24, 2.45) is 0 Å². The number of alkyl halides is 2. The van der Waals surface area contributed by atoms with Crippen LogP contribution in [0, 0.1) is 6.92 Å². The second-order valence-electron chi connectivity index (χ2n) is 3.72.